The average Bonchev–Trinajstić information content (AvgIpc) is 2.41. The molecule has 0 spiro atoms. The summed E-state index contributed by atoms with van der Waals surface area (Å²) in [6.45, 7) is -1.13. The molecule has 0 aliphatic rings. The monoisotopic (exact) mass is 287 g/mol. The summed E-state index contributed by atoms with van der Waals surface area (Å²) in [5, 5.41) is 11.1. The molecule has 1 rings (SSSR count). The van der Waals surface area contributed by atoms with E-state index in [1.807, 2.05) is 0 Å². The molecule has 20 heavy (non-hydrogen) atoms. The van der Waals surface area contributed by atoms with Crippen LogP contribution in [0.1, 0.15) is 11.1 Å². The van der Waals surface area contributed by atoms with Crippen LogP contribution in [0.2, 0.25) is 0 Å². The van der Waals surface area contributed by atoms with Crippen molar-refractivity contribution in [1.82, 2.24) is 5.32 Å². The van der Waals surface area contributed by atoms with Crippen molar-refractivity contribution in [1.29, 1.82) is 0 Å². The molecule has 0 fully saturated rings. The first kappa shape index (κ1) is 15.9. The molecule has 0 atom stereocenters. The third-order valence-electron chi connectivity index (χ3n) is 2.28. The zero-order valence-electron chi connectivity index (χ0n) is 10.3. The summed E-state index contributed by atoms with van der Waals surface area (Å²) in [4.78, 5) is 11.2. The Morgan fingerprint density at radius 3 is 2.70 bits per heavy atom. The summed E-state index contributed by atoms with van der Waals surface area (Å²) in [6.07, 6.45) is 0.276. The molecule has 0 aromatic heterocycles. The number of hydrogen-bond acceptors (Lipinski definition) is 3. The first-order chi connectivity index (χ1) is 9.38. The van der Waals surface area contributed by atoms with Crippen molar-refractivity contribution in [2.45, 2.75) is 12.8 Å². The molecule has 0 saturated heterocycles. The molecule has 0 saturated carbocycles. The van der Waals surface area contributed by atoms with Crippen LogP contribution in [0, 0.1) is 12.3 Å². The summed E-state index contributed by atoms with van der Waals surface area (Å²) >= 11 is 0. The largest absolute Gasteiger partial charge is 0.483 e. The standard InChI is InChI=1S/C13H12F3NO3/c1-2-5-17-12(19)8-20-11-4-3-9(7-18)6-10(11)13(14,15)16/h1,3-4,6,18H,5,7-8H2,(H,17,19). The number of aliphatic hydroxyl groups excluding tert-OH is 1. The molecule has 4 nitrogen and oxygen atoms in total. The van der Waals surface area contributed by atoms with Gasteiger partial charge in [-0.15, -0.1) is 6.42 Å². The lowest BCUT2D eigenvalue weighted by atomic mass is 10.1. The van der Waals surface area contributed by atoms with Crippen LogP contribution in [-0.2, 0) is 17.6 Å². The van der Waals surface area contributed by atoms with E-state index in [0.29, 0.717) is 0 Å². The minimum Gasteiger partial charge on any atom is -0.483 e. The van der Waals surface area contributed by atoms with Gasteiger partial charge in [-0.1, -0.05) is 12.0 Å². The Balaban J connectivity index is 2.84. The predicted molar refractivity (Wildman–Crippen MR) is 64.7 cm³/mol. The topological polar surface area (TPSA) is 58.6 Å². The molecular weight excluding hydrogens is 275 g/mol. The van der Waals surface area contributed by atoms with Crippen molar-refractivity contribution in [3.8, 4) is 18.1 Å². The number of halogens is 3. The van der Waals surface area contributed by atoms with Crippen LogP contribution in [-0.4, -0.2) is 24.2 Å². The van der Waals surface area contributed by atoms with Gasteiger partial charge in [0.25, 0.3) is 5.91 Å². The van der Waals surface area contributed by atoms with Crippen LogP contribution in [0.25, 0.3) is 0 Å². The van der Waals surface area contributed by atoms with Gasteiger partial charge in [-0.25, -0.2) is 0 Å². The molecule has 0 bridgehead atoms. The number of terminal acetylenes is 1. The van der Waals surface area contributed by atoms with Crippen LogP contribution in [0.15, 0.2) is 18.2 Å². The smallest absolute Gasteiger partial charge is 0.419 e. The van der Waals surface area contributed by atoms with Gasteiger partial charge in [0.05, 0.1) is 18.7 Å². The molecule has 108 valence electrons. The van der Waals surface area contributed by atoms with Gasteiger partial charge in [-0.2, -0.15) is 13.2 Å². The number of carbonyl (C=O) groups excluding carboxylic acids is 1. The number of alkyl halides is 3. The third kappa shape index (κ3) is 4.48. The van der Waals surface area contributed by atoms with E-state index in [1.54, 1.807) is 0 Å². The molecule has 1 aromatic carbocycles. The Morgan fingerprint density at radius 1 is 1.45 bits per heavy atom. The summed E-state index contributed by atoms with van der Waals surface area (Å²) in [5.74, 6) is 1.05. The highest BCUT2D eigenvalue weighted by Crippen LogP contribution is 2.36. The highest BCUT2D eigenvalue weighted by Gasteiger charge is 2.34. The number of nitrogens with one attached hydrogen (secondary N) is 1. The highest BCUT2D eigenvalue weighted by molar-refractivity contribution is 5.77. The van der Waals surface area contributed by atoms with Crippen molar-refractivity contribution in [2.24, 2.45) is 0 Å². The van der Waals surface area contributed by atoms with Gasteiger partial charge >= 0.3 is 6.18 Å². The Morgan fingerprint density at radius 2 is 2.15 bits per heavy atom. The molecule has 0 unspecified atom stereocenters. The van der Waals surface area contributed by atoms with Crippen LogP contribution in [0.5, 0.6) is 5.75 Å². The van der Waals surface area contributed by atoms with E-state index < -0.39 is 36.6 Å². The molecule has 1 amide bonds. The van der Waals surface area contributed by atoms with Gasteiger partial charge in [0.2, 0.25) is 0 Å². The predicted octanol–water partition coefficient (Wildman–Crippen LogP) is 1.33. The maximum atomic E-state index is 12.8. The van der Waals surface area contributed by atoms with Crippen molar-refractivity contribution in [3.05, 3.63) is 29.3 Å². The second-order valence-corrected chi connectivity index (χ2v) is 3.76. The lowest BCUT2D eigenvalue weighted by Gasteiger charge is -2.14. The zero-order chi connectivity index (χ0) is 15.2. The maximum absolute atomic E-state index is 12.8. The molecule has 0 aliphatic carbocycles. The van der Waals surface area contributed by atoms with Gasteiger partial charge < -0.3 is 15.2 Å². The SMILES string of the molecule is C#CCNC(=O)COc1ccc(CO)cc1C(F)(F)F. The summed E-state index contributed by atoms with van der Waals surface area (Å²) in [5.41, 5.74) is -0.949. The van der Waals surface area contributed by atoms with Gasteiger partial charge in [-0.05, 0) is 17.7 Å². The fourth-order valence-corrected chi connectivity index (χ4v) is 1.37. The van der Waals surface area contributed by atoms with E-state index in [0.717, 1.165) is 12.1 Å². The summed E-state index contributed by atoms with van der Waals surface area (Å²) < 4.78 is 43.2. The van der Waals surface area contributed by atoms with Gasteiger partial charge in [-0.3, -0.25) is 4.79 Å². The van der Waals surface area contributed by atoms with Gasteiger partial charge in [0, 0.05) is 0 Å². The Labute approximate surface area is 113 Å². The number of benzene rings is 1. The van der Waals surface area contributed by atoms with Crippen molar-refractivity contribution >= 4 is 5.91 Å². The Bertz CT molecular complexity index is 521. The van der Waals surface area contributed by atoms with Crippen LogP contribution in [0.3, 0.4) is 0 Å². The molecular formula is C13H12F3NO3. The lowest BCUT2D eigenvalue weighted by Crippen LogP contribution is -2.29. The van der Waals surface area contributed by atoms with Crippen LogP contribution < -0.4 is 10.1 Å². The first-order valence-electron chi connectivity index (χ1n) is 5.52. The molecule has 2 N–H and O–H groups in total. The minimum atomic E-state index is -4.64. The number of rotatable bonds is 5. The van der Waals surface area contributed by atoms with E-state index in [2.05, 4.69) is 11.2 Å². The van der Waals surface area contributed by atoms with Gasteiger partial charge in [0.1, 0.15) is 5.75 Å². The molecule has 0 heterocycles. The number of ether oxygens (including phenoxy) is 1. The van der Waals surface area contributed by atoms with Crippen LogP contribution >= 0.6 is 0 Å². The van der Waals surface area contributed by atoms with Crippen molar-refractivity contribution in [2.75, 3.05) is 13.2 Å². The number of aliphatic hydroxyl groups is 1. The zero-order valence-corrected chi connectivity index (χ0v) is 10.3. The van der Waals surface area contributed by atoms with Crippen molar-refractivity contribution in [3.63, 3.8) is 0 Å². The number of amides is 1. The number of hydrogen-bond donors (Lipinski definition) is 2. The van der Waals surface area contributed by atoms with E-state index in [1.165, 1.54) is 6.07 Å². The Kier molecular flexibility index (Phi) is 5.41. The van der Waals surface area contributed by atoms with Crippen molar-refractivity contribution < 1.29 is 27.8 Å². The second kappa shape index (κ2) is 6.82. The molecule has 1 aromatic rings. The van der Waals surface area contributed by atoms with E-state index >= 15 is 0 Å². The average molecular weight is 287 g/mol. The Hall–Kier alpha value is -2.20. The molecule has 0 radical (unpaired) electrons. The fourth-order valence-electron chi connectivity index (χ4n) is 1.37. The van der Waals surface area contributed by atoms with Crippen LogP contribution in [0.4, 0.5) is 13.2 Å². The molecule has 0 aliphatic heterocycles. The van der Waals surface area contributed by atoms with E-state index in [4.69, 9.17) is 16.3 Å². The van der Waals surface area contributed by atoms with Gasteiger partial charge in [0.15, 0.2) is 6.61 Å². The quantitative estimate of drug-likeness (QED) is 0.803. The maximum Gasteiger partial charge on any atom is 0.419 e. The summed E-state index contributed by atoms with van der Waals surface area (Å²) in [6, 6.07) is 3.11. The minimum absolute atomic E-state index is 0.0300. The highest BCUT2D eigenvalue weighted by atomic mass is 19.4. The third-order valence-corrected chi connectivity index (χ3v) is 2.28. The normalized spacial score (nSPS) is 10.8. The second-order valence-electron chi connectivity index (χ2n) is 3.76. The number of carbonyl (C=O) groups is 1. The molecule has 7 heteroatoms. The fraction of sp³-hybridized carbons (Fsp3) is 0.308. The summed E-state index contributed by atoms with van der Waals surface area (Å²) in [7, 11) is 0. The first-order valence-corrected chi connectivity index (χ1v) is 5.52. The van der Waals surface area contributed by atoms with E-state index in [9.17, 15) is 18.0 Å². The lowest BCUT2D eigenvalue weighted by molar-refractivity contribution is -0.139. The van der Waals surface area contributed by atoms with E-state index in [-0.39, 0.29) is 12.1 Å².